The number of halogens is 1. The van der Waals surface area contributed by atoms with Gasteiger partial charge in [0.1, 0.15) is 0 Å². The van der Waals surface area contributed by atoms with Crippen LogP contribution in [0.25, 0.3) is 0 Å². The van der Waals surface area contributed by atoms with E-state index >= 15 is 0 Å². The normalized spacial score (nSPS) is 13.6. The van der Waals surface area contributed by atoms with Crippen molar-refractivity contribution in [2.75, 3.05) is 23.9 Å². The number of hydrogen-bond donors (Lipinski definition) is 1. The van der Waals surface area contributed by atoms with Crippen molar-refractivity contribution in [2.24, 2.45) is 0 Å². The molecule has 0 bridgehead atoms. The smallest absolute Gasteiger partial charge is 0.337 e. The molecule has 1 N–H and O–H groups in total. The molecule has 0 aromatic heterocycles. The van der Waals surface area contributed by atoms with Crippen LogP contribution in [0.1, 0.15) is 39.1 Å². The highest BCUT2D eigenvalue weighted by molar-refractivity contribution is 6.31. The van der Waals surface area contributed by atoms with Crippen molar-refractivity contribution in [1.82, 2.24) is 0 Å². The maximum absolute atomic E-state index is 12.9. The van der Waals surface area contributed by atoms with Gasteiger partial charge in [0.2, 0.25) is 5.91 Å². The second kappa shape index (κ2) is 7.80. The summed E-state index contributed by atoms with van der Waals surface area (Å²) >= 11 is 6.08. The van der Waals surface area contributed by atoms with E-state index in [9.17, 15) is 14.4 Å². The summed E-state index contributed by atoms with van der Waals surface area (Å²) in [6.07, 6.45) is 1.19. The molecule has 0 atom stereocenters. The third-order valence-corrected chi connectivity index (χ3v) is 4.71. The number of benzene rings is 2. The average Bonchev–Trinajstić information content (AvgIpc) is 3.08. The molecule has 1 saturated heterocycles. The average molecular weight is 387 g/mol. The molecule has 0 aliphatic carbocycles. The van der Waals surface area contributed by atoms with Crippen molar-refractivity contribution < 1.29 is 19.1 Å². The molecule has 2 amide bonds. The molecule has 1 fully saturated rings. The number of nitrogens with zero attached hydrogens (tertiary/aromatic N) is 1. The number of amides is 2. The fourth-order valence-corrected chi connectivity index (χ4v) is 3.18. The quantitative estimate of drug-likeness (QED) is 0.810. The highest BCUT2D eigenvalue weighted by Gasteiger charge is 2.26. The standard InChI is InChI=1S/C20H19ClN2O4/c1-12-5-6-13(20(26)27-2)10-16(12)22-19(25)15-8-7-14(21)11-17(15)23-9-3-4-18(23)24/h5-8,10-11H,3-4,9H2,1-2H3,(H,22,25). The Labute approximate surface area is 162 Å². The molecule has 3 rings (SSSR count). The van der Waals surface area contributed by atoms with E-state index in [4.69, 9.17) is 16.3 Å². The zero-order valence-electron chi connectivity index (χ0n) is 15.0. The van der Waals surface area contributed by atoms with Crippen LogP contribution in [0.2, 0.25) is 5.02 Å². The van der Waals surface area contributed by atoms with E-state index in [0.29, 0.717) is 40.5 Å². The first-order valence-corrected chi connectivity index (χ1v) is 8.88. The van der Waals surface area contributed by atoms with Crippen molar-refractivity contribution in [2.45, 2.75) is 19.8 Å². The maximum Gasteiger partial charge on any atom is 0.337 e. The predicted octanol–water partition coefficient (Wildman–Crippen LogP) is 3.81. The number of ether oxygens (including phenoxy) is 1. The van der Waals surface area contributed by atoms with Gasteiger partial charge < -0.3 is 15.0 Å². The first-order valence-electron chi connectivity index (χ1n) is 8.51. The number of methoxy groups -OCH3 is 1. The molecule has 0 unspecified atom stereocenters. The van der Waals surface area contributed by atoms with Gasteiger partial charge in [-0.2, -0.15) is 0 Å². The van der Waals surface area contributed by atoms with E-state index in [1.165, 1.54) is 7.11 Å². The van der Waals surface area contributed by atoms with Gasteiger partial charge in [-0.25, -0.2) is 4.79 Å². The van der Waals surface area contributed by atoms with E-state index < -0.39 is 5.97 Å². The van der Waals surface area contributed by atoms with E-state index in [-0.39, 0.29) is 11.8 Å². The molecular weight excluding hydrogens is 368 g/mol. The van der Waals surface area contributed by atoms with Crippen molar-refractivity contribution in [3.8, 4) is 0 Å². The minimum atomic E-state index is -0.486. The lowest BCUT2D eigenvalue weighted by molar-refractivity contribution is -0.117. The Balaban J connectivity index is 1.93. The second-order valence-electron chi connectivity index (χ2n) is 6.29. The van der Waals surface area contributed by atoms with E-state index in [2.05, 4.69) is 5.32 Å². The second-order valence-corrected chi connectivity index (χ2v) is 6.72. The SMILES string of the molecule is COC(=O)c1ccc(C)c(NC(=O)c2ccc(Cl)cc2N2CCCC2=O)c1. The third-order valence-electron chi connectivity index (χ3n) is 4.48. The lowest BCUT2D eigenvalue weighted by Crippen LogP contribution is -2.27. The number of carbonyl (C=O) groups is 3. The van der Waals surface area contributed by atoms with E-state index in [1.807, 2.05) is 6.92 Å². The van der Waals surface area contributed by atoms with Crippen LogP contribution < -0.4 is 10.2 Å². The predicted molar refractivity (Wildman–Crippen MR) is 104 cm³/mol. The monoisotopic (exact) mass is 386 g/mol. The molecule has 6 nitrogen and oxygen atoms in total. The van der Waals surface area contributed by atoms with Crippen molar-refractivity contribution in [1.29, 1.82) is 0 Å². The molecule has 1 aliphatic rings. The van der Waals surface area contributed by atoms with Crippen molar-refractivity contribution >= 4 is 40.8 Å². The van der Waals surface area contributed by atoms with Crippen LogP contribution in [0, 0.1) is 6.92 Å². The minimum absolute atomic E-state index is 0.0322. The fraction of sp³-hybridized carbons (Fsp3) is 0.250. The Morgan fingerprint density at radius 3 is 2.63 bits per heavy atom. The molecule has 0 saturated carbocycles. The Morgan fingerprint density at radius 2 is 1.96 bits per heavy atom. The number of esters is 1. The Bertz CT molecular complexity index is 926. The number of aryl methyl sites for hydroxylation is 1. The highest BCUT2D eigenvalue weighted by atomic mass is 35.5. The summed E-state index contributed by atoms with van der Waals surface area (Å²) in [7, 11) is 1.30. The summed E-state index contributed by atoms with van der Waals surface area (Å²) in [6.45, 7) is 2.37. The molecule has 2 aromatic rings. The zero-order chi connectivity index (χ0) is 19.6. The van der Waals surface area contributed by atoms with Gasteiger partial charge in [0.15, 0.2) is 0 Å². The number of nitrogens with one attached hydrogen (secondary N) is 1. The number of anilines is 2. The van der Waals surface area contributed by atoms with Crippen LogP contribution in [-0.4, -0.2) is 31.4 Å². The fourth-order valence-electron chi connectivity index (χ4n) is 3.01. The van der Waals surface area contributed by atoms with Gasteiger partial charge in [-0.05, 0) is 49.2 Å². The molecule has 1 aliphatic heterocycles. The first-order chi connectivity index (χ1) is 12.9. The topological polar surface area (TPSA) is 75.7 Å². The molecule has 140 valence electrons. The summed E-state index contributed by atoms with van der Waals surface area (Å²) in [5.41, 5.74) is 2.46. The molecule has 2 aromatic carbocycles. The summed E-state index contributed by atoms with van der Waals surface area (Å²) in [5.74, 6) is -0.901. The third kappa shape index (κ3) is 3.95. The van der Waals surface area contributed by atoms with Gasteiger partial charge in [0.25, 0.3) is 5.91 Å². The van der Waals surface area contributed by atoms with Gasteiger partial charge in [0.05, 0.1) is 23.9 Å². The van der Waals surface area contributed by atoms with Crippen molar-refractivity contribution in [3.63, 3.8) is 0 Å². The number of carbonyl (C=O) groups excluding carboxylic acids is 3. The Hall–Kier alpha value is -2.86. The van der Waals surface area contributed by atoms with Gasteiger partial charge in [-0.3, -0.25) is 9.59 Å². The Kier molecular flexibility index (Phi) is 5.46. The lowest BCUT2D eigenvalue weighted by Gasteiger charge is -2.20. The van der Waals surface area contributed by atoms with Gasteiger partial charge in [-0.1, -0.05) is 17.7 Å². The minimum Gasteiger partial charge on any atom is -0.465 e. The first kappa shape index (κ1) is 18.9. The summed E-state index contributed by atoms with van der Waals surface area (Å²) in [5, 5.41) is 3.27. The number of rotatable bonds is 4. The van der Waals surface area contributed by atoms with Crippen LogP contribution in [0.15, 0.2) is 36.4 Å². The largest absolute Gasteiger partial charge is 0.465 e. The van der Waals surface area contributed by atoms with Crippen LogP contribution in [-0.2, 0) is 9.53 Å². The molecule has 0 radical (unpaired) electrons. The van der Waals surface area contributed by atoms with E-state index in [1.54, 1.807) is 41.3 Å². The van der Waals surface area contributed by atoms with Gasteiger partial charge in [0, 0.05) is 23.7 Å². The van der Waals surface area contributed by atoms with E-state index in [0.717, 1.165) is 12.0 Å². The Morgan fingerprint density at radius 1 is 1.19 bits per heavy atom. The van der Waals surface area contributed by atoms with Crippen LogP contribution in [0.4, 0.5) is 11.4 Å². The maximum atomic E-state index is 12.9. The lowest BCUT2D eigenvalue weighted by atomic mass is 10.1. The summed E-state index contributed by atoms with van der Waals surface area (Å²) in [4.78, 5) is 38.4. The van der Waals surface area contributed by atoms with Crippen LogP contribution >= 0.6 is 11.6 Å². The van der Waals surface area contributed by atoms with Crippen molar-refractivity contribution in [3.05, 3.63) is 58.1 Å². The van der Waals surface area contributed by atoms with Crippen LogP contribution in [0.5, 0.6) is 0 Å². The summed E-state index contributed by atoms with van der Waals surface area (Å²) in [6, 6.07) is 9.76. The summed E-state index contributed by atoms with van der Waals surface area (Å²) < 4.78 is 4.72. The van der Waals surface area contributed by atoms with Gasteiger partial charge >= 0.3 is 5.97 Å². The zero-order valence-corrected chi connectivity index (χ0v) is 15.8. The molecule has 27 heavy (non-hydrogen) atoms. The number of hydrogen-bond acceptors (Lipinski definition) is 4. The van der Waals surface area contributed by atoms with Gasteiger partial charge in [-0.15, -0.1) is 0 Å². The molecular formula is C20H19ClN2O4. The highest BCUT2D eigenvalue weighted by Crippen LogP contribution is 2.30. The van der Waals surface area contributed by atoms with Crippen LogP contribution in [0.3, 0.4) is 0 Å². The molecule has 0 spiro atoms. The molecule has 1 heterocycles. The molecule has 7 heteroatoms.